The molecule has 1 atom stereocenters. The Balaban J connectivity index is 1.76. The summed E-state index contributed by atoms with van der Waals surface area (Å²) in [5.41, 5.74) is 0.923. The van der Waals surface area contributed by atoms with Crippen molar-refractivity contribution in [3.05, 3.63) is 23.9 Å². The largest absolute Gasteiger partial charge is 0.481 e. The minimum absolute atomic E-state index is 0.0559. The summed E-state index contributed by atoms with van der Waals surface area (Å²) in [4.78, 5) is 32.2. The molecule has 1 unspecified atom stereocenters. The topological polar surface area (TPSA) is 62.7 Å². The van der Waals surface area contributed by atoms with Crippen LogP contribution in [0.2, 0.25) is 0 Å². The molecule has 6 heteroatoms. The summed E-state index contributed by atoms with van der Waals surface area (Å²) in [6.07, 6.45) is 4.44. The molecule has 3 heterocycles. The van der Waals surface area contributed by atoms with Crippen LogP contribution in [0.1, 0.15) is 24.8 Å². The van der Waals surface area contributed by atoms with Crippen molar-refractivity contribution < 1.29 is 14.3 Å². The summed E-state index contributed by atoms with van der Waals surface area (Å²) < 4.78 is 5.09. The van der Waals surface area contributed by atoms with E-state index in [1.54, 1.807) is 29.2 Å². The average Bonchev–Trinajstić information content (AvgIpc) is 2.52. The third kappa shape index (κ3) is 2.70. The number of rotatable bonds is 3. The molecule has 21 heavy (non-hydrogen) atoms. The molecule has 0 aliphatic carbocycles. The lowest BCUT2D eigenvalue weighted by molar-refractivity contribution is -0.158. The SMILES string of the molecule is COc1cc(CN2CC(=O)N3CCCCC3C2=O)ccn1. The molecule has 1 aromatic rings. The quantitative estimate of drug-likeness (QED) is 0.826. The Kier molecular flexibility index (Phi) is 3.77. The van der Waals surface area contributed by atoms with Crippen LogP contribution in [-0.2, 0) is 16.1 Å². The number of aromatic nitrogens is 1. The molecule has 0 radical (unpaired) electrons. The number of pyridine rings is 1. The number of ether oxygens (including phenoxy) is 1. The highest BCUT2D eigenvalue weighted by Crippen LogP contribution is 2.24. The van der Waals surface area contributed by atoms with Gasteiger partial charge in [0.25, 0.3) is 0 Å². The molecular weight excluding hydrogens is 270 g/mol. The molecular formula is C15H19N3O3. The van der Waals surface area contributed by atoms with Gasteiger partial charge >= 0.3 is 0 Å². The predicted octanol–water partition coefficient (Wildman–Crippen LogP) is 0.813. The van der Waals surface area contributed by atoms with Crippen molar-refractivity contribution in [1.29, 1.82) is 0 Å². The van der Waals surface area contributed by atoms with Crippen molar-refractivity contribution in [1.82, 2.24) is 14.8 Å². The fourth-order valence-electron chi connectivity index (χ4n) is 3.04. The number of piperidine rings is 1. The van der Waals surface area contributed by atoms with Gasteiger partial charge < -0.3 is 14.5 Å². The molecule has 112 valence electrons. The van der Waals surface area contributed by atoms with E-state index >= 15 is 0 Å². The van der Waals surface area contributed by atoms with Gasteiger partial charge in [0, 0.05) is 25.4 Å². The Morgan fingerprint density at radius 3 is 3.05 bits per heavy atom. The molecule has 2 aliphatic heterocycles. The highest BCUT2D eigenvalue weighted by Gasteiger charge is 2.40. The monoisotopic (exact) mass is 289 g/mol. The van der Waals surface area contributed by atoms with E-state index < -0.39 is 0 Å². The Morgan fingerprint density at radius 2 is 2.24 bits per heavy atom. The molecule has 2 fully saturated rings. The number of carbonyl (C=O) groups is 2. The van der Waals surface area contributed by atoms with Crippen LogP contribution in [0.4, 0.5) is 0 Å². The Hall–Kier alpha value is -2.11. The van der Waals surface area contributed by atoms with Crippen molar-refractivity contribution in [3.63, 3.8) is 0 Å². The van der Waals surface area contributed by atoms with Crippen LogP contribution in [0.3, 0.4) is 0 Å². The summed E-state index contributed by atoms with van der Waals surface area (Å²) in [6, 6.07) is 3.38. The minimum Gasteiger partial charge on any atom is -0.481 e. The minimum atomic E-state index is -0.260. The Labute approximate surface area is 123 Å². The molecule has 3 rings (SSSR count). The number of nitrogens with zero attached hydrogens (tertiary/aromatic N) is 3. The van der Waals surface area contributed by atoms with Crippen molar-refractivity contribution in [3.8, 4) is 5.88 Å². The molecule has 0 spiro atoms. The van der Waals surface area contributed by atoms with Crippen molar-refractivity contribution in [2.24, 2.45) is 0 Å². The third-order valence-corrected chi connectivity index (χ3v) is 4.13. The first-order chi connectivity index (χ1) is 10.2. The molecule has 1 aromatic heterocycles. The van der Waals surface area contributed by atoms with Gasteiger partial charge in [-0.1, -0.05) is 0 Å². The first-order valence-electron chi connectivity index (χ1n) is 7.26. The van der Waals surface area contributed by atoms with Crippen LogP contribution in [-0.4, -0.2) is 52.8 Å². The van der Waals surface area contributed by atoms with Crippen LogP contribution in [0.25, 0.3) is 0 Å². The maximum Gasteiger partial charge on any atom is 0.246 e. The highest BCUT2D eigenvalue weighted by molar-refractivity contribution is 5.95. The zero-order chi connectivity index (χ0) is 14.8. The molecule has 2 aliphatic rings. The van der Waals surface area contributed by atoms with Gasteiger partial charge in [0.2, 0.25) is 17.7 Å². The van der Waals surface area contributed by atoms with Gasteiger partial charge in [0.1, 0.15) is 12.6 Å². The van der Waals surface area contributed by atoms with E-state index in [-0.39, 0.29) is 24.4 Å². The van der Waals surface area contributed by atoms with Crippen LogP contribution < -0.4 is 4.74 Å². The molecule has 0 saturated carbocycles. The van der Waals surface area contributed by atoms with E-state index in [0.717, 1.165) is 24.8 Å². The zero-order valence-corrected chi connectivity index (χ0v) is 12.1. The van der Waals surface area contributed by atoms with Gasteiger partial charge in [-0.3, -0.25) is 9.59 Å². The number of fused-ring (bicyclic) bond motifs is 1. The van der Waals surface area contributed by atoms with Crippen LogP contribution >= 0.6 is 0 Å². The van der Waals surface area contributed by atoms with Crippen molar-refractivity contribution in [2.75, 3.05) is 20.2 Å². The standard InChI is InChI=1S/C15H19N3O3/c1-21-13-8-11(5-6-16-13)9-17-10-14(19)18-7-3-2-4-12(18)15(17)20/h5-6,8,12H,2-4,7,9-10H2,1H3. The van der Waals surface area contributed by atoms with E-state index in [2.05, 4.69) is 4.98 Å². The lowest BCUT2D eigenvalue weighted by atomic mass is 9.98. The van der Waals surface area contributed by atoms with E-state index in [1.165, 1.54) is 0 Å². The second-order valence-corrected chi connectivity index (χ2v) is 5.50. The summed E-state index contributed by atoms with van der Waals surface area (Å²) in [5, 5.41) is 0. The number of hydrogen-bond acceptors (Lipinski definition) is 4. The van der Waals surface area contributed by atoms with Gasteiger partial charge in [-0.2, -0.15) is 0 Å². The summed E-state index contributed by atoms with van der Waals surface area (Å²) in [6.45, 7) is 1.31. The lowest BCUT2D eigenvalue weighted by Crippen LogP contribution is -2.60. The average molecular weight is 289 g/mol. The number of methoxy groups -OCH3 is 1. The Morgan fingerprint density at radius 1 is 1.38 bits per heavy atom. The van der Waals surface area contributed by atoms with Gasteiger partial charge in [-0.25, -0.2) is 4.98 Å². The summed E-state index contributed by atoms with van der Waals surface area (Å²) >= 11 is 0. The fraction of sp³-hybridized carbons (Fsp3) is 0.533. The zero-order valence-electron chi connectivity index (χ0n) is 12.1. The summed E-state index contributed by atoms with van der Waals surface area (Å²) in [7, 11) is 1.56. The molecule has 2 saturated heterocycles. The number of hydrogen-bond donors (Lipinski definition) is 0. The van der Waals surface area contributed by atoms with Crippen molar-refractivity contribution >= 4 is 11.8 Å². The van der Waals surface area contributed by atoms with E-state index in [1.807, 2.05) is 6.07 Å². The molecule has 2 amide bonds. The van der Waals surface area contributed by atoms with Crippen LogP contribution in [0.5, 0.6) is 5.88 Å². The van der Waals surface area contributed by atoms with E-state index in [4.69, 9.17) is 4.74 Å². The highest BCUT2D eigenvalue weighted by atomic mass is 16.5. The first-order valence-corrected chi connectivity index (χ1v) is 7.26. The van der Waals surface area contributed by atoms with Gasteiger partial charge in [-0.15, -0.1) is 0 Å². The third-order valence-electron chi connectivity index (χ3n) is 4.13. The second kappa shape index (κ2) is 5.71. The maximum atomic E-state index is 12.5. The normalized spacial score (nSPS) is 22.2. The molecule has 6 nitrogen and oxygen atoms in total. The summed E-state index contributed by atoms with van der Waals surface area (Å²) in [5.74, 6) is 0.632. The number of amides is 2. The van der Waals surface area contributed by atoms with E-state index in [9.17, 15) is 9.59 Å². The molecule has 0 bridgehead atoms. The lowest BCUT2D eigenvalue weighted by Gasteiger charge is -2.42. The fourth-order valence-corrected chi connectivity index (χ4v) is 3.04. The Bertz CT molecular complexity index is 561. The van der Waals surface area contributed by atoms with Gasteiger partial charge in [0.15, 0.2) is 0 Å². The van der Waals surface area contributed by atoms with E-state index in [0.29, 0.717) is 19.0 Å². The maximum absolute atomic E-state index is 12.5. The van der Waals surface area contributed by atoms with Gasteiger partial charge in [-0.05, 0) is 30.9 Å². The molecule has 0 aromatic carbocycles. The first kappa shape index (κ1) is 13.9. The molecule has 0 N–H and O–H groups in total. The van der Waals surface area contributed by atoms with Crippen LogP contribution in [0.15, 0.2) is 18.3 Å². The number of carbonyl (C=O) groups excluding carboxylic acids is 2. The van der Waals surface area contributed by atoms with Gasteiger partial charge in [0.05, 0.1) is 7.11 Å². The smallest absolute Gasteiger partial charge is 0.246 e. The van der Waals surface area contributed by atoms with Crippen LogP contribution in [0, 0.1) is 0 Å². The second-order valence-electron chi connectivity index (χ2n) is 5.50. The predicted molar refractivity (Wildman–Crippen MR) is 75.6 cm³/mol. The van der Waals surface area contributed by atoms with Crippen molar-refractivity contribution in [2.45, 2.75) is 31.8 Å². The number of piperazine rings is 1.